The van der Waals surface area contributed by atoms with E-state index in [4.69, 9.17) is 9.84 Å². The zero-order valence-corrected chi connectivity index (χ0v) is 17.0. The molecular formula is C24H30O5. The summed E-state index contributed by atoms with van der Waals surface area (Å²) in [6, 6.07) is 6.01. The molecule has 1 saturated carbocycles. The molecule has 29 heavy (non-hydrogen) atoms. The fourth-order valence-electron chi connectivity index (χ4n) is 4.41. The SMILES string of the molecule is CC#CCC(C)C(O)/C=C/[C@H]1C(O)C[C@@H]2Oc3c(CCCC(=O)O)cccc3[C@@H]21. The van der Waals surface area contributed by atoms with Gasteiger partial charge in [-0.15, -0.1) is 11.8 Å². The van der Waals surface area contributed by atoms with Gasteiger partial charge in [-0.25, -0.2) is 0 Å². The maximum Gasteiger partial charge on any atom is 0.303 e. The molecule has 1 aromatic rings. The number of fused-ring (bicyclic) bond motifs is 3. The molecule has 0 amide bonds. The number of aryl methyl sites for hydroxylation is 1. The molecule has 0 aromatic heterocycles. The van der Waals surface area contributed by atoms with E-state index in [1.165, 1.54) is 0 Å². The molecular weight excluding hydrogens is 368 g/mol. The third-order valence-corrected chi connectivity index (χ3v) is 6.04. The lowest BCUT2D eigenvalue weighted by atomic mass is 9.86. The first-order valence-electron chi connectivity index (χ1n) is 10.4. The summed E-state index contributed by atoms with van der Waals surface area (Å²) in [5.41, 5.74) is 2.11. The van der Waals surface area contributed by atoms with Gasteiger partial charge in [0.2, 0.25) is 0 Å². The van der Waals surface area contributed by atoms with Crippen LogP contribution in [-0.4, -0.2) is 39.6 Å². The molecule has 1 aliphatic heterocycles. The zero-order chi connectivity index (χ0) is 21.0. The number of carbonyl (C=O) groups is 1. The number of rotatable bonds is 8. The predicted molar refractivity (Wildman–Crippen MR) is 111 cm³/mol. The van der Waals surface area contributed by atoms with Crippen LogP contribution >= 0.6 is 0 Å². The van der Waals surface area contributed by atoms with Crippen molar-refractivity contribution in [3.8, 4) is 17.6 Å². The second-order valence-electron chi connectivity index (χ2n) is 8.13. The minimum Gasteiger partial charge on any atom is -0.489 e. The third kappa shape index (κ3) is 4.83. The first kappa shape index (κ1) is 21.4. The molecule has 0 radical (unpaired) electrons. The number of benzene rings is 1. The Morgan fingerprint density at radius 2 is 2.21 bits per heavy atom. The number of aliphatic hydroxyl groups excluding tert-OH is 2. The molecule has 0 bridgehead atoms. The number of hydrogen-bond acceptors (Lipinski definition) is 4. The molecule has 3 N–H and O–H groups in total. The minimum absolute atomic E-state index is 0.0287. The van der Waals surface area contributed by atoms with Crippen LogP contribution in [0.25, 0.3) is 0 Å². The molecule has 1 fully saturated rings. The van der Waals surface area contributed by atoms with Crippen molar-refractivity contribution in [2.45, 2.75) is 70.2 Å². The Kier molecular flexibility index (Phi) is 7.00. The van der Waals surface area contributed by atoms with E-state index in [-0.39, 0.29) is 30.3 Å². The Bertz CT molecular complexity index is 818. The number of para-hydroxylation sites is 1. The lowest BCUT2D eigenvalue weighted by Crippen LogP contribution is -2.19. The van der Waals surface area contributed by atoms with Gasteiger partial charge in [-0.05, 0) is 31.2 Å². The average Bonchev–Trinajstić information content (AvgIpc) is 3.19. The summed E-state index contributed by atoms with van der Waals surface area (Å²) in [6.07, 6.45) is 5.07. The molecule has 0 spiro atoms. The van der Waals surface area contributed by atoms with Gasteiger partial charge in [-0.1, -0.05) is 37.3 Å². The maximum atomic E-state index is 10.8. The normalized spacial score (nSPS) is 26.9. The van der Waals surface area contributed by atoms with Crippen molar-refractivity contribution in [3.63, 3.8) is 0 Å². The summed E-state index contributed by atoms with van der Waals surface area (Å²) < 4.78 is 6.21. The summed E-state index contributed by atoms with van der Waals surface area (Å²) in [5.74, 6) is 5.87. The van der Waals surface area contributed by atoms with E-state index in [1.54, 1.807) is 13.0 Å². The van der Waals surface area contributed by atoms with Crippen molar-refractivity contribution < 1.29 is 24.9 Å². The van der Waals surface area contributed by atoms with Gasteiger partial charge in [0.25, 0.3) is 0 Å². The van der Waals surface area contributed by atoms with Gasteiger partial charge >= 0.3 is 5.97 Å². The second-order valence-corrected chi connectivity index (χ2v) is 8.13. The van der Waals surface area contributed by atoms with Crippen LogP contribution in [0.2, 0.25) is 0 Å². The number of carboxylic acids is 1. The van der Waals surface area contributed by atoms with E-state index in [0.29, 0.717) is 25.7 Å². The number of hydrogen-bond donors (Lipinski definition) is 3. The molecule has 6 atom stereocenters. The lowest BCUT2D eigenvalue weighted by Gasteiger charge is -2.19. The van der Waals surface area contributed by atoms with Crippen LogP contribution in [0.1, 0.15) is 56.6 Å². The minimum atomic E-state index is -0.790. The summed E-state index contributed by atoms with van der Waals surface area (Å²) in [4.78, 5) is 10.8. The van der Waals surface area contributed by atoms with Gasteiger partial charge in [0.05, 0.1) is 12.2 Å². The Morgan fingerprint density at radius 1 is 1.41 bits per heavy atom. The van der Waals surface area contributed by atoms with E-state index < -0.39 is 18.2 Å². The quantitative estimate of drug-likeness (QED) is 0.462. The van der Waals surface area contributed by atoms with Crippen molar-refractivity contribution in [2.75, 3.05) is 0 Å². The van der Waals surface area contributed by atoms with Crippen molar-refractivity contribution in [1.82, 2.24) is 0 Å². The highest BCUT2D eigenvalue weighted by atomic mass is 16.5. The number of aliphatic hydroxyl groups is 2. The Labute approximate surface area is 172 Å². The van der Waals surface area contributed by atoms with Crippen molar-refractivity contribution in [1.29, 1.82) is 0 Å². The summed E-state index contributed by atoms with van der Waals surface area (Å²) in [6.45, 7) is 3.75. The fourth-order valence-corrected chi connectivity index (χ4v) is 4.41. The monoisotopic (exact) mass is 398 g/mol. The Balaban J connectivity index is 1.75. The standard InChI is InChI=1S/C24H30O5/c1-3-4-7-15(2)19(25)13-12-17-20(26)14-21-23(17)18-10-5-8-16(24(18)29-21)9-6-11-22(27)28/h5,8,10,12-13,15,17,19-21,23,25-26H,6-7,9,11,14H2,1-2H3,(H,27,28)/b13-12+/t15?,17-,19?,20?,21-,23-/m0/s1. The van der Waals surface area contributed by atoms with Crippen LogP contribution in [0, 0.1) is 23.7 Å². The first-order chi connectivity index (χ1) is 13.9. The Morgan fingerprint density at radius 3 is 2.93 bits per heavy atom. The molecule has 1 aliphatic carbocycles. The van der Waals surface area contributed by atoms with Crippen LogP contribution in [-0.2, 0) is 11.2 Å². The van der Waals surface area contributed by atoms with Crippen LogP contribution in [0.3, 0.4) is 0 Å². The number of ether oxygens (including phenoxy) is 1. The molecule has 0 saturated heterocycles. The second kappa shape index (κ2) is 9.47. The lowest BCUT2D eigenvalue weighted by molar-refractivity contribution is -0.137. The van der Waals surface area contributed by atoms with Crippen LogP contribution < -0.4 is 4.74 Å². The van der Waals surface area contributed by atoms with Crippen molar-refractivity contribution in [2.24, 2.45) is 11.8 Å². The smallest absolute Gasteiger partial charge is 0.303 e. The van der Waals surface area contributed by atoms with E-state index in [9.17, 15) is 15.0 Å². The van der Waals surface area contributed by atoms with Crippen LogP contribution in [0.4, 0.5) is 0 Å². The topological polar surface area (TPSA) is 87.0 Å². The molecule has 3 unspecified atom stereocenters. The van der Waals surface area contributed by atoms with Gasteiger partial charge in [0, 0.05) is 36.7 Å². The largest absolute Gasteiger partial charge is 0.489 e. The molecule has 5 heteroatoms. The first-order valence-corrected chi connectivity index (χ1v) is 10.4. The fraction of sp³-hybridized carbons (Fsp3) is 0.542. The Hall–Kier alpha value is -2.29. The van der Waals surface area contributed by atoms with E-state index in [1.807, 2.05) is 31.2 Å². The van der Waals surface area contributed by atoms with Gasteiger partial charge < -0.3 is 20.1 Å². The van der Waals surface area contributed by atoms with Gasteiger partial charge in [0.15, 0.2) is 0 Å². The highest BCUT2D eigenvalue weighted by Gasteiger charge is 2.48. The van der Waals surface area contributed by atoms with Gasteiger partial charge in [-0.3, -0.25) is 4.79 Å². The highest BCUT2D eigenvalue weighted by molar-refractivity contribution is 5.66. The third-order valence-electron chi connectivity index (χ3n) is 6.04. The maximum absolute atomic E-state index is 10.8. The predicted octanol–water partition coefficient (Wildman–Crippen LogP) is 3.29. The number of carboxylic acid groups (broad SMARTS) is 1. The molecule has 1 aromatic carbocycles. The van der Waals surface area contributed by atoms with Crippen LogP contribution in [0.15, 0.2) is 30.4 Å². The number of aliphatic carboxylic acids is 1. The van der Waals surface area contributed by atoms with Gasteiger partial charge in [-0.2, -0.15) is 0 Å². The summed E-state index contributed by atoms with van der Waals surface area (Å²) in [5, 5.41) is 29.9. The van der Waals surface area contributed by atoms with Gasteiger partial charge in [0.1, 0.15) is 11.9 Å². The molecule has 1 heterocycles. The summed E-state index contributed by atoms with van der Waals surface area (Å²) >= 11 is 0. The molecule has 5 nitrogen and oxygen atoms in total. The molecule has 3 rings (SSSR count). The van der Waals surface area contributed by atoms with E-state index >= 15 is 0 Å². The molecule has 2 aliphatic rings. The van der Waals surface area contributed by atoms with E-state index in [0.717, 1.165) is 16.9 Å². The molecule has 156 valence electrons. The zero-order valence-electron chi connectivity index (χ0n) is 17.0. The van der Waals surface area contributed by atoms with Crippen molar-refractivity contribution >= 4 is 5.97 Å². The van der Waals surface area contributed by atoms with E-state index in [2.05, 4.69) is 11.8 Å². The van der Waals surface area contributed by atoms with Crippen LogP contribution in [0.5, 0.6) is 5.75 Å². The highest BCUT2D eigenvalue weighted by Crippen LogP contribution is 2.52. The summed E-state index contributed by atoms with van der Waals surface area (Å²) in [7, 11) is 0. The average molecular weight is 398 g/mol. The van der Waals surface area contributed by atoms with Crippen molar-refractivity contribution in [3.05, 3.63) is 41.5 Å².